The first-order chi connectivity index (χ1) is 8.60. The molecule has 2 atom stereocenters. The summed E-state index contributed by atoms with van der Waals surface area (Å²) in [5.74, 6) is 0.149. The van der Waals surface area contributed by atoms with Crippen molar-refractivity contribution in [3.8, 4) is 0 Å². The van der Waals surface area contributed by atoms with E-state index in [2.05, 4.69) is 10.3 Å². The van der Waals surface area contributed by atoms with E-state index in [9.17, 15) is 4.79 Å². The fourth-order valence-electron chi connectivity index (χ4n) is 1.98. The van der Waals surface area contributed by atoms with E-state index in [-0.39, 0.29) is 18.0 Å². The van der Waals surface area contributed by atoms with Gasteiger partial charge in [-0.25, -0.2) is 0 Å². The van der Waals surface area contributed by atoms with Crippen LogP contribution >= 0.6 is 0 Å². The van der Waals surface area contributed by atoms with Crippen LogP contribution in [0.15, 0.2) is 24.5 Å². The molecule has 0 radical (unpaired) electrons. The maximum Gasteiger partial charge on any atom is 0.239 e. The average Bonchev–Trinajstić information content (AvgIpc) is 2.40. The molecule has 1 rings (SSSR count). The zero-order valence-corrected chi connectivity index (χ0v) is 11.7. The molecule has 0 aromatic carbocycles. The summed E-state index contributed by atoms with van der Waals surface area (Å²) in [4.78, 5) is 18.1. The highest BCUT2D eigenvalue weighted by molar-refractivity contribution is 5.81. The molecule has 1 aromatic heterocycles. The van der Waals surface area contributed by atoms with Gasteiger partial charge >= 0.3 is 0 Å². The summed E-state index contributed by atoms with van der Waals surface area (Å²) in [5, 5.41) is 3.31. The normalized spacial score (nSPS) is 14.0. The molecule has 1 heterocycles. The summed E-state index contributed by atoms with van der Waals surface area (Å²) < 4.78 is 0. The maximum absolute atomic E-state index is 12.1. The Morgan fingerprint density at radius 2 is 2.06 bits per heavy atom. The Hall–Kier alpha value is -1.42. The summed E-state index contributed by atoms with van der Waals surface area (Å²) in [5.41, 5.74) is 1.09. The summed E-state index contributed by atoms with van der Waals surface area (Å²) in [6.45, 7) is 9.46. The van der Waals surface area contributed by atoms with E-state index < -0.39 is 0 Å². The molecule has 100 valence electrons. The largest absolute Gasteiger partial charge is 0.342 e. The van der Waals surface area contributed by atoms with Crippen LogP contribution in [-0.2, 0) is 4.79 Å². The predicted molar refractivity (Wildman–Crippen MR) is 73.2 cm³/mol. The number of rotatable bonds is 6. The van der Waals surface area contributed by atoms with Crippen molar-refractivity contribution in [2.24, 2.45) is 0 Å². The average molecular weight is 249 g/mol. The molecule has 1 unspecified atom stereocenters. The first-order valence-corrected chi connectivity index (χ1v) is 6.54. The predicted octanol–water partition coefficient (Wildman–Crippen LogP) is 1.99. The van der Waals surface area contributed by atoms with Gasteiger partial charge in [-0.05, 0) is 39.3 Å². The molecular formula is C14H23N3O. The summed E-state index contributed by atoms with van der Waals surface area (Å²) in [6, 6.07) is 3.86. The lowest BCUT2D eigenvalue weighted by Crippen LogP contribution is -2.45. The highest BCUT2D eigenvalue weighted by Gasteiger charge is 2.19. The van der Waals surface area contributed by atoms with Gasteiger partial charge in [0, 0.05) is 31.5 Å². The molecule has 0 bridgehead atoms. The summed E-state index contributed by atoms with van der Waals surface area (Å²) in [6.07, 6.45) is 3.58. The third-order valence-electron chi connectivity index (χ3n) is 3.13. The van der Waals surface area contributed by atoms with Gasteiger partial charge in [0.15, 0.2) is 0 Å². The Labute approximate surface area is 109 Å². The Bertz CT molecular complexity index is 363. The number of amides is 1. The van der Waals surface area contributed by atoms with Crippen LogP contribution in [0.25, 0.3) is 0 Å². The molecule has 0 aliphatic carbocycles. The number of nitrogens with zero attached hydrogens (tertiary/aromatic N) is 2. The van der Waals surface area contributed by atoms with Crippen molar-refractivity contribution in [2.75, 3.05) is 13.1 Å². The van der Waals surface area contributed by atoms with E-state index in [0.29, 0.717) is 0 Å². The van der Waals surface area contributed by atoms with Gasteiger partial charge < -0.3 is 4.90 Å². The fourth-order valence-corrected chi connectivity index (χ4v) is 1.98. The van der Waals surface area contributed by atoms with E-state index in [4.69, 9.17) is 0 Å². The van der Waals surface area contributed by atoms with Crippen molar-refractivity contribution in [3.05, 3.63) is 30.1 Å². The van der Waals surface area contributed by atoms with Crippen LogP contribution < -0.4 is 5.32 Å². The van der Waals surface area contributed by atoms with Gasteiger partial charge in [-0.15, -0.1) is 0 Å². The SMILES string of the molecule is CCN(CC)C(=O)C(C)N[C@@H](C)c1cccnc1. The van der Waals surface area contributed by atoms with Crippen LogP contribution in [0.1, 0.15) is 39.3 Å². The second-order valence-electron chi connectivity index (χ2n) is 4.41. The Morgan fingerprint density at radius 1 is 1.39 bits per heavy atom. The van der Waals surface area contributed by atoms with Crippen molar-refractivity contribution < 1.29 is 4.79 Å². The quantitative estimate of drug-likeness (QED) is 0.838. The first kappa shape index (κ1) is 14.6. The standard InChI is InChI=1S/C14H23N3O/c1-5-17(6-2)14(18)12(4)16-11(3)13-8-7-9-15-10-13/h7-12,16H,5-6H2,1-4H3/t11-,12?/m0/s1. The molecule has 1 N–H and O–H groups in total. The van der Waals surface area contributed by atoms with E-state index in [1.165, 1.54) is 0 Å². The molecular weight excluding hydrogens is 226 g/mol. The Morgan fingerprint density at radius 3 is 2.56 bits per heavy atom. The molecule has 0 saturated heterocycles. The maximum atomic E-state index is 12.1. The van der Waals surface area contributed by atoms with Crippen molar-refractivity contribution in [3.63, 3.8) is 0 Å². The minimum atomic E-state index is -0.180. The Kier molecular flexibility index (Phi) is 5.78. The summed E-state index contributed by atoms with van der Waals surface area (Å²) >= 11 is 0. The smallest absolute Gasteiger partial charge is 0.239 e. The Balaban J connectivity index is 2.59. The van der Waals surface area contributed by atoms with Crippen molar-refractivity contribution >= 4 is 5.91 Å². The van der Waals surface area contributed by atoms with Gasteiger partial charge in [0.2, 0.25) is 5.91 Å². The number of hydrogen-bond donors (Lipinski definition) is 1. The third-order valence-corrected chi connectivity index (χ3v) is 3.13. The van der Waals surface area contributed by atoms with Crippen molar-refractivity contribution in [1.29, 1.82) is 0 Å². The van der Waals surface area contributed by atoms with Gasteiger partial charge in [-0.3, -0.25) is 15.1 Å². The highest BCUT2D eigenvalue weighted by atomic mass is 16.2. The van der Waals surface area contributed by atoms with Gasteiger partial charge in [-0.2, -0.15) is 0 Å². The van der Waals surface area contributed by atoms with E-state index in [1.54, 1.807) is 6.20 Å². The van der Waals surface area contributed by atoms with Gasteiger partial charge in [0.25, 0.3) is 0 Å². The molecule has 0 fully saturated rings. The van der Waals surface area contributed by atoms with Gasteiger partial charge in [0.05, 0.1) is 6.04 Å². The van der Waals surface area contributed by atoms with Crippen LogP contribution in [0, 0.1) is 0 Å². The number of pyridine rings is 1. The molecule has 18 heavy (non-hydrogen) atoms. The third kappa shape index (κ3) is 3.81. The van der Waals surface area contributed by atoms with Crippen LogP contribution in [0.4, 0.5) is 0 Å². The van der Waals surface area contributed by atoms with E-state index in [0.717, 1.165) is 18.7 Å². The second kappa shape index (κ2) is 7.11. The van der Waals surface area contributed by atoms with Crippen LogP contribution in [0.5, 0.6) is 0 Å². The number of nitrogens with one attached hydrogen (secondary N) is 1. The highest BCUT2D eigenvalue weighted by Crippen LogP contribution is 2.11. The number of hydrogen-bond acceptors (Lipinski definition) is 3. The van der Waals surface area contributed by atoms with E-state index in [1.807, 2.05) is 50.9 Å². The molecule has 4 nitrogen and oxygen atoms in total. The number of likely N-dealkylation sites (N-methyl/N-ethyl adjacent to an activating group) is 1. The minimum Gasteiger partial charge on any atom is -0.342 e. The fraction of sp³-hybridized carbons (Fsp3) is 0.571. The molecule has 0 spiro atoms. The summed E-state index contributed by atoms with van der Waals surface area (Å²) in [7, 11) is 0. The zero-order chi connectivity index (χ0) is 13.5. The first-order valence-electron chi connectivity index (χ1n) is 6.54. The second-order valence-corrected chi connectivity index (χ2v) is 4.41. The topological polar surface area (TPSA) is 45.2 Å². The van der Waals surface area contributed by atoms with Gasteiger partial charge in [-0.1, -0.05) is 6.07 Å². The lowest BCUT2D eigenvalue weighted by atomic mass is 10.1. The monoisotopic (exact) mass is 249 g/mol. The molecule has 1 aromatic rings. The van der Waals surface area contributed by atoms with Crippen molar-refractivity contribution in [1.82, 2.24) is 15.2 Å². The number of carbonyl (C=O) groups is 1. The molecule has 4 heteroatoms. The minimum absolute atomic E-state index is 0.119. The number of aromatic nitrogens is 1. The molecule has 0 aliphatic heterocycles. The molecule has 1 amide bonds. The zero-order valence-electron chi connectivity index (χ0n) is 11.7. The molecule has 0 aliphatic rings. The van der Waals surface area contributed by atoms with Crippen LogP contribution in [-0.4, -0.2) is 34.9 Å². The number of carbonyl (C=O) groups excluding carboxylic acids is 1. The lowest BCUT2D eigenvalue weighted by molar-refractivity contribution is -0.132. The van der Waals surface area contributed by atoms with Crippen LogP contribution in [0.2, 0.25) is 0 Å². The lowest BCUT2D eigenvalue weighted by Gasteiger charge is -2.26. The van der Waals surface area contributed by atoms with E-state index >= 15 is 0 Å². The molecule has 0 saturated carbocycles. The van der Waals surface area contributed by atoms with Crippen LogP contribution in [0.3, 0.4) is 0 Å². The van der Waals surface area contributed by atoms with Gasteiger partial charge in [0.1, 0.15) is 0 Å². The van der Waals surface area contributed by atoms with Crippen molar-refractivity contribution in [2.45, 2.75) is 39.8 Å².